The molecule has 3 rings (SSSR count). The van der Waals surface area contributed by atoms with Crippen molar-refractivity contribution in [3.63, 3.8) is 0 Å². The summed E-state index contributed by atoms with van der Waals surface area (Å²) in [6, 6.07) is 7.31. The van der Waals surface area contributed by atoms with E-state index in [0.29, 0.717) is 0 Å². The van der Waals surface area contributed by atoms with Crippen LogP contribution in [0.4, 0.5) is 0 Å². The number of benzene rings is 1. The van der Waals surface area contributed by atoms with Crippen LogP contribution in [0.3, 0.4) is 0 Å². The topological polar surface area (TPSA) is 67.4 Å². The van der Waals surface area contributed by atoms with Crippen molar-refractivity contribution in [1.29, 1.82) is 0 Å². The van der Waals surface area contributed by atoms with Crippen molar-refractivity contribution in [3.8, 4) is 0 Å². The zero-order valence-corrected chi connectivity index (χ0v) is 19.9. The van der Waals surface area contributed by atoms with Gasteiger partial charge in [0, 0.05) is 51.0 Å². The minimum atomic E-state index is -0.579. The van der Waals surface area contributed by atoms with E-state index in [-0.39, 0.29) is 43.1 Å². The van der Waals surface area contributed by atoms with Gasteiger partial charge in [0.1, 0.15) is 6.04 Å². The largest absolute Gasteiger partial charge is 0.338 e. The van der Waals surface area contributed by atoms with Crippen molar-refractivity contribution in [2.24, 2.45) is 12.8 Å². The van der Waals surface area contributed by atoms with Crippen LogP contribution in [0.2, 0.25) is 0 Å². The molecule has 1 aliphatic rings. The standard InChI is InChI=1S/C20H29N5O.3ClH/c1-14-5-7-17(8-6-14)19(21)20(26)25-11-9-24(10-12-25)13-18-15(2)22-23(4)16(18)3;;;/h5-8,19H,9-13,21H2,1-4H3;3*1H. The average molecular weight is 465 g/mol. The molecule has 2 aromatic rings. The lowest BCUT2D eigenvalue weighted by Crippen LogP contribution is -2.50. The summed E-state index contributed by atoms with van der Waals surface area (Å²) in [7, 11) is 1.98. The summed E-state index contributed by atoms with van der Waals surface area (Å²) in [5.41, 5.74) is 11.8. The number of halogens is 3. The Morgan fingerprint density at radius 1 is 1.03 bits per heavy atom. The van der Waals surface area contributed by atoms with E-state index in [0.717, 1.165) is 44.0 Å². The molecule has 1 atom stereocenters. The first kappa shape index (κ1) is 27.7. The van der Waals surface area contributed by atoms with Gasteiger partial charge < -0.3 is 10.6 Å². The first-order valence-electron chi connectivity index (χ1n) is 9.19. The van der Waals surface area contributed by atoms with Crippen molar-refractivity contribution in [2.75, 3.05) is 26.2 Å². The maximum absolute atomic E-state index is 12.7. The van der Waals surface area contributed by atoms with Crippen molar-refractivity contribution in [1.82, 2.24) is 19.6 Å². The van der Waals surface area contributed by atoms with Crippen LogP contribution in [0.1, 0.15) is 34.1 Å². The molecular weight excluding hydrogens is 433 g/mol. The van der Waals surface area contributed by atoms with Gasteiger partial charge in [-0.05, 0) is 26.3 Å². The molecule has 1 aliphatic heterocycles. The molecule has 0 radical (unpaired) electrons. The van der Waals surface area contributed by atoms with E-state index in [1.807, 2.05) is 47.8 Å². The molecule has 164 valence electrons. The molecule has 1 saturated heterocycles. The highest BCUT2D eigenvalue weighted by Crippen LogP contribution is 2.18. The van der Waals surface area contributed by atoms with Crippen LogP contribution in [-0.4, -0.2) is 51.7 Å². The number of nitrogens with two attached hydrogens (primary N) is 1. The fourth-order valence-electron chi connectivity index (χ4n) is 3.51. The molecule has 29 heavy (non-hydrogen) atoms. The van der Waals surface area contributed by atoms with Gasteiger partial charge in [-0.15, -0.1) is 37.2 Å². The smallest absolute Gasteiger partial charge is 0.244 e. The Morgan fingerprint density at radius 2 is 1.59 bits per heavy atom. The fraction of sp³-hybridized carbons (Fsp3) is 0.500. The minimum absolute atomic E-state index is 0. The first-order chi connectivity index (χ1) is 12.4. The Morgan fingerprint density at radius 3 is 2.07 bits per heavy atom. The zero-order chi connectivity index (χ0) is 18.8. The molecule has 0 aliphatic carbocycles. The van der Waals surface area contributed by atoms with Gasteiger partial charge in [-0.3, -0.25) is 14.4 Å². The van der Waals surface area contributed by atoms with Gasteiger partial charge in [0.2, 0.25) is 5.91 Å². The Kier molecular flexibility index (Phi) is 11.2. The van der Waals surface area contributed by atoms with E-state index >= 15 is 0 Å². The van der Waals surface area contributed by atoms with Gasteiger partial charge >= 0.3 is 0 Å². The fourth-order valence-corrected chi connectivity index (χ4v) is 3.51. The van der Waals surface area contributed by atoms with Gasteiger partial charge in [0.25, 0.3) is 0 Å². The highest BCUT2D eigenvalue weighted by molar-refractivity contribution is 5.86. The maximum atomic E-state index is 12.7. The SMILES string of the molecule is Cc1ccc(C(N)C(=O)N2CCN(Cc3c(C)nn(C)c3C)CC2)cc1.Cl.Cl.Cl. The van der Waals surface area contributed by atoms with Crippen LogP contribution in [0.5, 0.6) is 0 Å². The van der Waals surface area contributed by atoms with E-state index in [1.165, 1.54) is 16.8 Å². The van der Waals surface area contributed by atoms with E-state index in [9.17, 15) is 4.79 Å². The third kappa shape index (κ3) is 6.33. The molecule has 2 N–H and O–H groups in total. The predicted molar refractivity (Wildman–Crippen MR) is 124 cm³/mol. The molecule has 1 fully saturated rings. The number of piperazine rings is 1. The second-order valence-corrected chi connectivity index (χ2v) is 7.26. The van der Waals surface area contributed by atoms with Gasteiger partial charge in [-0.25, -0.2) is 0 Å². The van der Waals surface area contributed by atoms with Gasteiger partial charge in [0.05, 0.1) is 5.69 Å². The first-order valence-corrected chi connectivity index (χ1v) is 9.19. The van der Waals surface area contributed by atoms with Crippen LogP contribution in [0.25, 0.3) is 0 Å². The van der Waals surface area contributed by atoms with Crippen molar-refractivity contribution >= 4 is 43.1 Å². The van der Waals surface area contributed by atoms with Crippen molar-refractivity contribution in [3.05, 3.63) is 52.3 Å². The molecule has 0 spiro atoms. The van der Waals surface area contributed by atoms with Crippen LogP contribution in [0.15, 0.2) is 24.3 Å². The summed E-state index contributed by atoms with van der Waals surface area (Å²) >= 11 is 0. The van der Waals surface area contributed by atoms with Crippen LogP contribution in [-0.2, 0) is 18.4 Å². The number of aromatic nitrogens is 2. The van der Waals surface area contributed by atoms with Crippen molar-refractivity contribution in [2.45, 2.75) is 33.4 Å². The normalized spacial score (nSPS) is 15.0. The molecule has 1 unspecified atom stereocenters. The second-order valence-electron chi connectivity index (χ2n) is 7.26. The summed E-state index contributed by atoms with van der Waals surface area (Å²) in [6.07, 6.45) is 0. The number of hydrogen-bond donors (Lipinski definition) is 1. The Hall–Kier alpha value is -1.31. The molecule has 9 heteroatoms. The van der Waals surface area contributed by atoms with Crippen molar-refractivity contribution < 1.29 is 4.79 Å². The Bertz CT molecular complexity index is 786. The highest BCUT2D eigenvalue weighted by atomic mass is 35.5. The molecule has 2 heterocycles. The van der Waals surface area contributed by atoms with Crippen LogP contribution in [0, 0.1) is 20.8 Å². The average Bonchev–Trinajstić information content (AvgIpc) is 2.88. The molecular formula is C20H32Cl3N5O. The third-order valence-electron chi connectivity index (χ3n) is 5.43. The Balaban J connectivity index is 0.00000261. The number of amides is 1. The lowest BCUT2D eigenvalue weighted by atomic mass is 10.0. The quantitative estimate of drug-likeness (QED) is 0.755. The number of aryl methyl sites for hydroxylation is 3. The number of rotatable bonds is 4. The van der Waals surface area contributed by atoms with E-state index < -0.39 is 6.04 Å². The molecule has 0 saturated carbocycles. The summed E-state index contributed by atoms with van der Waals surface area (Å²) in [6.45, 7) is 10.2. The van der Waals surface area contributed by atoms with E-state index in [4.69, 9.17) is 5.73 Å². The number of carbonyl (C=O) groups excluding carboxylic acids is 1. The van der Waals surface area contributed by atoms with Gasteiger partial charge in [-0.2, -0.15) is 5.10 Å². The monoisotopic (exact) mass is 463 g/mol. The summed E-state index contributed by atoms with van der Waals surface area (Å²) in [5.74, 6) is 0.0160. The lowest BCUT2D eigenvalue weighted by Gasteiger charge is -2.36. The minimum Gasteiger partial charge on any atom is -0.338 e. The second kappa shape index (κ2) is 11.8. The summed E-state index contributed by atoms with van der Waals surface area (Å²) < 4.78 is 1.94. The molecule has 6 nitrogen and oxygen atoms in total. The maximum Gasteiger partial charge on any atom is 0.244 e. The third-order valence-corrected chi connectivity index (χ3v) is 5.43. The molecule has 1 aromatic carbocycles. The molecule has 0 bridgehead atoms. The lowest BCUT2D eigenvalue weighted by molar-refractivity contribution is -0.134. The Labute approximate surface area is 192 Å². The highest BCUT2D eigenvalue weighted by Gasteiger charge is 2.26. The van der Waals surface area contributed by atoms with Crippen LogP contribution >= 0.6 is 37.2 Å². The van der Waals surface area contributed by atoms with Crippen LogP contribution < -0.4 is 5.73 Å². The summed E-state index contributed by atoms with van der Waals surface area (Å²) in [5, 5.41) is 4.49. The van der Waals surface area contributed by atoms with Gasteiger partial charge in [-0.1, -0.05) is 29.8 Å². The van der Waals surface area contributed by atoms with E-state index in [1.54, 1.807) is 0 Å². The molecule has 1 amide bonds. The number of hydrogen-bond acceptors (Lipinski definition) is 4. The number of carbonyl (C=O) groups is 1. The predicted octanol–water partition coefficient (Wildman–Crippen LogP) is 2.95. The number of nitrogens with zero attached hydrogens (tertiary/aromatic N) is 4. The van der Waals surface area contributed by atoms with E-state index in [2.05, 4.69) is 23.8 Å². The zero-order valence-electron chi connectivity index (χ0n) is 17.4. The summed E-state index contributed by atoms with van der Waals surface area (Å²) in [4.78, 5) is 17.0. The molecule has 1 aromatic heterocycles. The van der Waals surface area contributed by atoms with Gasteiger partial charge in [0.15, 0.2) is 0 Å².